The van der Waals surface area contributed by atoms with Gasteiger partial charge in [-0.15, -0.1) is 0 Å². The first-order valence-corrected chi connectivity index (χ1v) is 31.6. The Bertz CT molecular complexity index is 4480. The Kier molecular flexibility index (Phi) is 10.4. The summed E-state index contributed by atoms with van der Waals surface area (Å²) < 4.78 is 13.5. The van der Waals surface area contributed by atoms with Crippen molar-refractivity contribution in [3.8, 4) is 10.6 Å². The molecule has 15 rings (SSSR count). The molecule has 342 valence electrons. The van der Waals surface area contributed by atoms with Gasteiger partial charge in [0, 0.05) is 0 Å². The van der Waals surface area contributed by atoms with Gasteiger partial charge in [0.2, 0.25) is 0 Å². The molecule has 3 nitrogen and oxygen atoms in total. The van der Waals surface area contributed by atoms with Crippen LogP contribution in [0.2, 0.25) is 0 Å². The summed E-state index contributed by atoms with van der Waals surface area (Å²) >= 11 is 3.16. The van der Waals surface area contributed by atoms with Crippen LogP contribution in [0.4, 0.5) is 22.7 Å². The molecule has 8 heteroatoms. The number of fused-ring (bicyclic) bond motifs is 10. The number of hydrogen-bond acceptors (Lipinski definition) is 6. The van der Waals surface area contributed by atoms with Gasteiger partial charge in [-0.3, -0.25) is 0 Å². The zero-order valence-electron chi connectivity index (χ0n) is 38.3. The molecule has 0 atom stereocenters. The van der Waals surface area contributed by atoms with Crippen LogP contribution in [0.5, 0.6) is 0 Å². The molecule has 1 aliphatic heterocycles. The average molecular weight is 1200 g/mol. The van der Waals surface area contributed by atoms with Gasteiger partial charge >= 0.3 is 449 Å². The number of halogens is 2. The molecule has 0 amide bonds. The molecular formula is C64H38I2N3S3-. The van der Waals surface area contributed by atoms with Gasteiger partial charge in [0.1, 0.15) is 0 Å². The number of anilines is 3. The zero-order valence-corrected chi connectivity index (χ0v) is 45.0. The Morgan fingerprint density at radius 1 is 0.375 bits per heavy atom. The molecule has 72 heavy (non-hydrogen) atoms. The van der Waals surface area contributed by atoms with Crippen LogP contribution in [0.15, 0.2) is 236 Å². The van der Waals surface area contributed by atoms with Gasteiger partial charge in [-0.25, -0.2) is 0 Å². The Morgan fingerprint density at radius 3 is 1.69 bits per heavy atom. The quantitative estimate of drug-likeness (QED) is 0.142. The molecular weight excluding hydrogens is 1160 g/mol. The van der Waals surface area contributed by atoms with Gasteiger partial charge in [0.25, 0.3) is 0 Å². The van der Waals surface area contributed by atoms with Crippen LogP contribution < -0.4 is 26.1 Å². The molecule has 0 unspecified atom stereocenters. The van der Waals surface area contributed by atoms with Crippen LogP contribution >= 0.6 is 53.8 Å². The van der Waals surface area contributed by atoms with E-state index in [1.165, 1.54) is 95.7 Å². The molecule has 0 saturated carbocycles. The third kappa shape index (κ3) is 7.45. The Balaban J connectivity index is 0.801. The van der Waals surface area contributed by atoms with Crippen molar-refractivity contribution in [1.29, 1.82) is 0 Å². The Labute approximate surface area is 445 Å². The predicted octanol–water partition coefficient (Wildman–Crippen LogP) is 16.2. The van der Waals surface area contributed by atoms with E-state index in [1.807, 2.05) is 22.7 Å². The van der Waals surface area contributed by atoms with Crippen LogP contribution in [0.1, 0.15) is 5.56 Å². The fourth-order valence-electron chi connectivity index (χ4n) is 10.1. The van der Waals surface area contributed by atoms with Gasteiger partial charge in [0.15, 0.2) is 0 Å². The van der Waals surface area contributed by atoms with E-state index in [1.54, 1.807) is 11.3 Å². The number of hydrogen-bond donors (Lipinski definition) is 0. The summed E-state index contributed by atoms with van der Waals surface area (Å²) in [5.41, 5.74) is 7.99. The first-order chi connectivity index (χ1) is 35.6. The molecule has 14 aromatic rings. The number of rotatable bonds is 8. The molecule has 11 aromatic carbocycles. The summed E-state index contributed by atoms with van der Waals surface area (Å²) in [5, 5.41) is 11.4. The number of para-hydroxylation sites is 2. The summed E-state index contributed by atoms with van der Waals surface area (Å²) in [5.74, 6) is 0. The molecule has 1 aliphatic rings. The summed E-state index contributed by atoms with van der Waals surface area (Å²) in [4.78, 5) is 12.4. The second-order valence-corrected chi connectivity index (χ2v) is 29.3. The molecule has 0 saturated heterocycles. The maximum atomic E-state index is 5.05. The minimum absolute atomic E-state index is 0.306. The average Bonchev–Trinajstić information content (AvgIpc) is 4.23. The molecule has 0 spiro atoms. The normalized spacial score (nSPS) is 12.8. The van der Waals surface area contributed by atoms with Crippen LogP contribution in [0.3, 0.4) is 0 Å². The predicted molar refractivity (Wildman–Crippen MR) is 315 cm³/mol. The van der Waals surface area contributed by atoms with E-state index >= 15 is 0 Å². The number of aliphatic imine (C=N–C) groups is 1. The molecule has 0 radical (unpaired) electrons. The van der Waals surface area contributed by atoms with Crippen molar-refractivity contribution in [3.63, 3.8) is 0 Å². The number of aromatic nitrogens is 1. The molecule has 0 fully saturated rings. The van der Waals surface area contributed by atoms with Crippen molar-refractivity contribution >= 4 is 152 Å². The van der Waals surface area contributed by atoms with Gasteiger partial charge < -0.3 is 0 Å². The Morgan fingerprint density at radius 2 is 0.931 bits per heavy atom. The summed E-state index contributed by atoms with van der Waals surface area (Å²) in [6.45, 7) is 0. The van der Waals surface area contributed by atoms with Gasteiger partial charge in [-0.2, -0.15) is 0 Å². The van der Waals surface area contributed by atoms with Gasteiger partial charge in [-0.1, -0.05) is 0 Å². The molecule has 0 aliphatic carbocycles. The fourth-order valence-corrected chi connectivity index (χ4v) is 21.8. The zero-order chi connectivity index (χ0) is 47.3. The van der Waals surface area contributed by atoms with Gasteiger partial charge in [0.05, 0.1) is 0 Å². The van der Waals surface area contributed by atoms with Crippen LogP contribution in [-0.4, -0.2) is 8.70 Å². The van der Waals surface area contributed by atoms with Crippen molar-refractivity contribution < 1.29 is 21.2 Å². The van der Waals surface area contributed by atoms with Crippen LogP contribution in [0.25, 0.3) is 82.7 Å². The second kappa shape index (κ2) is 17.5. The van der Waals surface area contributed by atoms with Crippen molar-refractivity contribution in [2.45, 2.75) is 0 Å². The monoisotopic (exact) mass is 1200 g/mol. The summed E-state index contributed by atoms with van der Waals surface area (Å²) in [6, 6.07) is 86.1. The number of thiophene rings is 2. The topological polar surface area (TPSA) is 28.5 Å². The molecule has 0 bridgehead atoms. The van der Waals surface area contributed by atoms with Crippen LogP contribution in [0, 0.1) is 14.3 Å². The first kappa shape index (κ1) is 42.8. The standard InChI is InChI=1S/C64H38I2N3S3/c1-3-11-43-33-46(25-17-39(43)9-1)66(45-23-18-42(19-24-45)64-68-57-15-7-8-16-58(57)72-64)47-26-31-51-53-37-62-54(38-61(53)70-59(51)35-47)52-32-30-50(36-60(52)71-62)69(49-29-20-40-10-2-4-12-44(40)34-49)48-27-21-41(22-28-48)63-65-55-13-5-6-14-56(55)67-63/h1-38H/q-1. The SMILES string of the molecule is c1ccc2c(c1)N=C(c1ccc(N(c3ccc4ccccc4c3)c3ccc4c(c3)sc3cc5c(cc34)sc3cc(I(c4ccc(-c6nc7ccccc7s6)cc4)c4ccc6ccccc6c4)ccc35)cc1)[I-]2. The van der Waals surface area contributed by atoms with Crippen molar-refractivity contribution in [1.82, 2.24) is 4.98 Å². The van der Waals surface area contributed by atoms with E-state index in [0.29, 0.717) is 0 Å². The summed E-state index contributed by atoms with van der Waals surface area (Å²) in [7, 11) is 0. The van der Waals surface area contributed by atoms with Crippen molar-refractivity contribution in [2.75, 3.05) is 4.90 Å². The van der Waals surface area contributed by atoms with Crippen molar-refractivity contribution in [2.24, 2.45) is 4.99 Å². The Hall–Kier alpha value is -6.80. The number of benzene rings is 11. The van der Waals surface area contributed by atoms with E-state index in [0.717, 1.165) is 33.3 Å². The second-order valence-electron chi connectivity index (χ2n) is 18.0. The fraction of sp³-hybridized carbons (Fsp3) is 0. The third-order valence-electron chi connectivity index (χ3n) is 13.6. The van der Waals surface area contributed by atoms with E-state index < -0.39 is 19.8 Å². The van der Waals surface area contributed by atoms with Gasteiger partial charge in [-0.05, 0) is 0 Å². The maximum absolute atomic E-state index is 5.05. The molecule has 4 heterocycles. The minimum atomic E-state index is -2.13. The van der Waals surface area contributed by atoms with E-state index in [4.69, 9.17) is 9.98 Å². The van der Waals surface area contributed by atoms with E-state index in [-0.39, 0.29) is 21.2 Å². The first-order valence-electron chi connectivity index (χ1n) is 23.8. The van der Waals surface area contributed by atoms with E-state index in [9.17, 15) is 0 Å². The summed E-state index contributed by atoms with van der Waals surface area (Å²) in [6.07, 6.45) is 0. The number of nitrogens with zero attached hydrogens (tertiary/aromatic N) is 3. The van der Waals surface area contributed by atoms with Crippen molar-refractivity contribution in [3.05, 3.63) is 250 Å². The third-order valence-corrected chi connectivity index (χ3v) is 25.6. The number of thiazole rings is 1. The van der Waals surface area contributed by atoms with Crippen LogP contribution in [-0.2, 0) is 0 Å². The molecule has 0 N–H and O–H groups in total. The van der Waals surface area contributed by atoms with E-state index in [2.05, 4.69) is 235 Å². The molecule has 3 aromatic heterocycles.